The maximum atomic E-state index is 14.1. The summed E-state index contributed by atoms with van der Waals surface area (Å²) in [7, 11) is 0. The zero-order chi connectivity index (χ0) is 25.7. The number of rotatable bonds is 20. The molecule has 0 bridgehead atoms. The van der Waals surface area contributed by atoms with E-state index in [4.69, 9.17) is 0 Å². The third-order valence-corrected chi connectivity index (χ3v) is 6.80. The van der Waals surface area contributed by atoms with Crippen LogP contribution < -0.4 is 10.6 Å². The van der Waals surface area contributed by atoms with Crippen LogP contribution in [0, 0.1) is 0 Å². The fourth-order valence-corrected chi connectivity index (χ4v) is 4.60. The van der Waals surface area contributed by atoms with E-state index in [0.717, 1.165) is 38.5 Å². The molecule has 2 amide bonds. The van der Waals surface area contributed by atoms with E-state index in [1.165, 1.54) is 63.5 Å². The SMILES string of the molecule is CCCCCCCCC/C=C(\F)C(=O)N[C@@H]1CC[C@H](NC(=O)/C(F)=C\CCCCCCCCC)C1. The molecule has 4 nitrogen and oxygen atoms in total. The molecule has 0 aliphatic heterocycles. The van der Waals surface area contributed by atoms with Gasteiger partial charge in [0.2, 0.25) is 0 Å². The summed E-state index contributed by atoms with van der Waals surface area (Å²) in [5, 5.41) is 5.42. The van der Waals surface area contributed by atoms with Crippen LogP contribution >= 0.6 is 0 Å². The molecule has 0 radical (unpaired) electrons. The second-order valence-electron chi connectivity index (χ2n) is 10.1. The predicted octanol–water partition coefficient (Wildman–Crippen LogP) is 8.13. The summed E-state index contributed by atoms with van der Waals surface area (Å²) in [6, 6.07) is -0.407. The summed E-state index contributed by atoms with van der Waals surface area (Å²) >= 11 is 0. The Kier molecular flexibility index (Phi) is 18.3. The molecule has 0 heterocycles. The van der Waals surface area contributed by atoms with Gasteiger partial charge in [-0.3, -0.25) is 9.59 Å². The van der Waals surface area contributed by atoms with E-state index in [2.05, 4.69) is 24.5 Å². The van der Waals surface area contributed by atoms with Crippen molar-refractivity contribution in [1.82, 2.24) is 10.6 Å². The van der Waals surface area contributed by atoms with Gasteiger partial charge in [0.05, 0.1) is 0 Å². The van der Waals surface area contributed by atoms with Crippen LogP contribution in [0.5, 0.6) is 0 Å². The summed E-state index contributed by atoms with van der Waals surface area (Å²) in [6.45, 7) is 4.38. The molecule has 0 aromatic carbocycles. The Bertz CT molecular complexity index is 595. The molecule has 2 atom stereocenters. The highest BCUT2D eigenvalue weighted by atomic mass is 19.1. The van der Waals surface area contributed by atoms with Gasteiger partial charge in [-0.15, -0.1) is 0 Å². The quantitative estimate of drug-likeness (QED) is 0.132. The number of carbonyl (C=O) groups excluding carboxylic acids is 2. The largest absolute Gasteiger partial charge is 0.347 e. The first-order chi connectivity index (χ1) is 17.0. The summed E-state index contributed by atoms with van der Waals surface area (Å²) < 4.78 is 28.2. The van der Waals surface area contributed by atoms with Gasteiger partial charge >= 0.3 is 0 Å². The minimum absolute atomic E-state index is 0.203. The fourth-order valence-electron chi connectivity index (χ4n) is 4.60. The highest BCUT2D eigenvalue weighted by molar-refractivity contribution is 5.92. The zero-order valence-electron chi connectivity index (χ0n) is 22.3. The standard InChI is InChI=1S/C29H50F2N2O2/c1-3-5-7-9-11-13-15-17-19-26(30)28(34)32-24-21-22-25(23-24)33-29(35)27(31)20-18-16-14-12-10-8-6-4-2/h19-20,24-25H,3-18,21-23H2,1-2H3,(H,32,34)(H,33,35)/b26-19-,27-20+/t24-,25+/m1/s1. The van der Waals surface area contributed by atoms with E-state index in [1.54, 1.807) is 0 Å². The van der Waals surface area contributed by atoms with Gasteiger partial charge in [-0.2, -0.15) is 0 Å². The predicted molar refractivity (Wildman–Crippen MR) is 141 cm³/mol. The molecule has 1 aliphatic rings. The summed E-state index contributed by atoms with van der Waals surface area (Å²) in [6.07, 6.45) is 21.8. The van der Waals surface area contributed by atoms with Crippen molar-refractivity contribution in [3.05, 3.63) is 23.8 Å². The molecular formula is C29H50F2N2O2. The van der Waals surface area contributed by atoms with E-state index in [1.807, 2.05) is 0 Å². The number of hydrogen-bond acceptors (Lipinski definition) is 2. The van der Waals surface area contributed by atoms with Crippen LogP contribution in [-0.2, 0) is 9.59 Å². The third kappa shape index (κ3) is 15.8. The van der Waals surface area contributed by atoms with E-state index in [-0.39, 0.29) is 12.1 Å². The lowest BCUT2D eigenvalue weighted by Crippen LogP contribution is -2.37. The highest BCUT2D eigenvalue weighted by Crippen LogP contribution is 2.21. The number of hydrogen-bond donors (Lipinski definition) is 2. The van der Waals surface area contributed by atoms with Crippen molar-refractivity contribution in [2.75, 3.05) is 0 Å². The van der Waals surface area contributed by atoms with Crippen LogP contribution in [0.25, 0.3) is 0 Å². The van der Waals surface area contributed by atoms with Gasteiger partial charge in [0, 0.05) is 12.1 Å². The number of allylic oxidation sites excluding steroid dienone is 2. The molecule has 0 unspecified atom stereocenters. The number of unbranched alkanes of at least 4 members (excludes halogenated alkanes) is 14. The van der Waals surface area contributed by atoms with E-state index in [9.17, 15) is 18.4 Å². The molecule has 1 saturated carbocycles. The number of carbonyl (C=O) groups is 2. The molecule has 2 N–H and O–H groups in total. The maximum absolute atomic E-state index is 14.1. The van der Waals surface area contributed by atoms with Gasteiger partial charge in [-0.1, -0.05) is 90.9 Å². The second-order valence-corrected chi connectivity index (χ2v) is 10.1. The van der Waals surface area contributed by atoms with Crippen LogP contribution in [0.15, 0.2) is 23.8 Å². The van der Waals surface area contributed by atoms with Crippen molar-refractivity contribution in [1.29, 1.82) is 0 Å². The molecule has 1 rings (SSSR count). The minimum Gasteiger partial charge on any atom is -0.347 e. The number of halogens is 2. The van der Waals surface area contributed by atoms with Crippen molar-refractivity contribution in [3.8, 4) is 0 Å². The molecule has 6 heteroatoms. The zero-order valence-corrected chi connectivity index (χ0v) is 22.3. The third-order valence-electron chi connectivity index (χ3n) is 6.80. The average Bonchev–Trinajstić information content (AvgIpc) is 3.28. The van der Waals surface area contributed by atoms with Crippen molar-refractivity contribution in [3.63, 3.8) is 0 Å². The summed E-state index contributed by atoms with van der Waals surface area (Å²) in [4.78, 5) is 24.2. The van der Waals surface area contributed by atoms with Crippen molar-refractivity contribution in [2.45, 2.75) is 148 Å². The molecule has 35 heavy (non-hydrogen) atoms. The normalized spacial score (nSPS) is 18.6. The van der Waals surface area contributed by atoms with Crippen LogP contribution in [0.2, 0.25) is 0 Å². The van der Waals surface area contributed by atoms with Gasteiger partial charge in [-0.05, 0) is 57.1 Å². The maximum Gasteiger partial charge on any atom is 0.279 e. The first-order valence-corrected chi connectivity index (χ1v) is 14.3. The van der Waals surface area contributed by atoms with Crippen LogP contribution in [-0.4, -0.2) is 23.9 Å². The molecular weight excluding hydrogens is 446 g/mol. The first-order valence-electron chi connectivity index (χ1n) is 14.3. The fraction of sp³-hybridized carbons (Fsp3) is 0.793. The van der Waals surface area contributed by atoms with Gasteiger partial charge in [0.15, 0.2) is 11.7 Å². The Morgan fingerprint density at radius 2 is 0.971 bits per heavy atom. The van der Waals surface area contributed by atoms with E-state index in [0.29, 0.717) is 32.1 Å². The van der Waals surface area contributed by atoms with E-state index < -0.39 is 23.5 Å². The molecule has 0 aromatic rings. The van der Waals surface area contributed by atoms with Gasteiger partial charge < -0.3 is 10.6 Å². The lowest BCUT2D eigenvalue weighted by molar-refractivity contribution is -0.119. The Morgan fingerprint density at radius 1 is 0.629 bits per heavy atom. The topological polar surface area (TPSA) is 58.2 Å². The minimum atomic E-state index is -0.734. The van der Waals surface area contributed by atoms with Gasteiger partial charge in [0.1, 0.15) is 0 Å². The Morgan fingerprint density at radius 3 is 1.34 bits per heavy atom. The molecule has 0 aromatic heterocycles. The van der Waals surface area contributed by atoms with Crippen molar-refractivity contribution < 1.29 is 18.4 Å². The highest BCUT2D eigenvalue weighted by Gasteiger charge is 2.28. The Labute approximate surface area is 212 Å². The van der Waals surface area contributed by atoms with Crippen LogP contribution in [0.3, 0.4) is 0 Å². The number of amides is 2. The molecule has 1 fully saturated rings. The summed E-state index contributed by atoms with van der Waals surface area (Å²) in [5.41, 5.74) is 0. The lowest BCUT2D eigenvalue weighted by atomic mass is 10.1. The molecule has 1 aliphatic carbocycles. The monoisotopic (exact) mass is 496 g/mol. The van der Waals surface area contributed by atoms with Crippen LogP contribution in [0.1, 0.15) is 136 Å². The molecule has 202 valence electrons. The van der Waals surface area contributed by atoms with Gasteiger partial charge in [-0.25, -0.2) is 8.78 Å². The van der Waals surface area contributed by atoms with Crippen molar-refractivity contribution in [2.24, 2.45) is 0 Å². The lowest BCUT2D eigenvalue weighted by Gasteiger charge is -2.14. The first kappa shape index (κ1) is 31.3. The van der Waals surface area contributed by atoms with Gasteiger partial charge in [0.25, 0.3) is 11.8 Å². The smallest absolute Gasteiger partial charge is 0.279 e. The van der Waals surface area contributed by atoms with Crippen molar-refractivity contribution >= 4 is 11.8 Å². The summed E-state index contributed by atoms with van der Waals surface area (Å²) in [5.74, 6) is -2.85. The average molecular weight is 497 g/mol. The Hall–Kier alpha value is -1.72. The molecule has 0 spiro atoms. The number of nitrogens with one attached hydrogen (secondary N) is 2. The second kappa shape index (κ2) is 20.5. The Balaban J connectivity index is 2.19. The van der Waals surface area contributed by atoms with E-state index >= 15 is 0 Å². The molecule has 0 saturated heterocycles. The van der Waals surface area contributed by atoms with Crippen LogP contribution in [0.4, 0.5) is 8.78 Å².